The van der Waals surface area contributed by atoms with Gasteiger partial charge in [-0.05, 0) is 35.4 Å². The molecular formula is C18H17O8P-2. The SMILES string of the molecule is COc1ccc(/C=C\c2cc(OC)c(C=O)c(OC)c2)cc1OP(=O)([O-])[O-]. The molecule has 0 unspecified atom stereocenters. The summed E-state index contributed by atoms with van der Waals surface area (Å²) in [6.07, 6.45) is 3.99. The molecular weight excluding hydrogens is 375 g/mol. The summed E-state index contributed by atoms with van der Waals surface area (Å²) in [5.41, 5.74) is 1.52. The molecule has 0 atom stereocenters. The van der Waals surface area contributed by atoms with Crippen LogP contribution in [0.2, 0.25) is 0 Å². The monoisotopic (exact) mass is 392 g/mol. The van der Waals surface area contributed by atoms with Crippen molar-refractivity contribution in [3.8, 4) is 23.0 Å². The van der Waals surface area contributed by atoms with E-state index in [2.05, 4.69) is 4.52 Å². The maximum Gasteiger partial charge on any atom is 0.166 e. The molecule has 8 nitrogen and oxygen atoms in total. The van der Waals surface area contributed by atoms with Gasteiger partial charge in [-0.15, -0.1) is 0 Å². The highest BCUT2D eigenvalue weighted by Crippen LogP contribution is 2.37. The average Bonchev–Trinajstić information content (AvgIpc) is 2.64. The zero-order chi connectivity index (χ0) is 20.0. The van der Waals surface area contributed by atoms with Crippen LogP contribution >= 0.6 is 7.82 Å². The summed E-state index contributed by atoms with van der Waals surface area (Å²) in [5, 5.41) is 0. The number of benzene rings is 2. The quantitative estimate of drug-likeness (QED) is 0.380. The van der Waals surface area contributed by atoms with Crippen LogP contribution in [0.15, 0.2) is 30.3 Å². The Morgan fingerprint density at radius 1 is 0.815 bits per heavy atom. The second-order valence-electron chi connectivity index (χ2n) is 5.24. The molecule has 0 aliphatic heterocycles. The van der Waals surface area contributed by atoms with Crippen molar-refractivity contribution in [2.75, 3.05) is 21.3 Å². The Labute approximate surface area is 156 Å². The number of rotatable bonds is 8. The van der Waals surface area contributed by atoms with Crippen LogP contribution in [0, 0.1) is 0 Å². The molecule has 27 heavy (non-hydrogen) atoms. The van der Waals surface area contributed by atoms with Crippen molar-refractivity contribution in [1.82, 2.24) is 0 Å². The molecule has 0 aliphatic rings. The Morgan fingerprint density at radius 2 is 1.33 bits per heavy atom. The molecule has 144 valence electrons. The number of methoxy groups -OCH3 is 3. The lowest BCUT2D eigenvalue weighted by atomic mass is 10.1. The molecule has 0 radical (unpaired) electrons. The van der Waals surface area contributed by atoms with E-state index in [1.54, 1.807) is 30.4 Å². The third-order valence-corrected chi connectivity index (χ3v) is 3.97. The van der Waals surface area contributed by atoms with Crippen LogP contribution in [0.25, 0.3) is 12.2 Å². The molecule has 2 rings (SSSR count). The normalized spacial score (nSPS) is 11.3. The summed E-state index contributed by atoms with van der Waals surface area (Å²) in [7, 11) is -1.03. The van der Waals surface area contributed by atoms with Crippen LogP contribution in [0.1, 0.15) is 21.5 Å². The van der Waals surface area contributed by atoms with Crippen molar-refractivity contribution in [2.24, 2.45) is 0 Å². The Morgan fingerprint density at radius 3 is 1.81 bits per heavy atom. The molecule has 0 fully saturated rings. The molecule has 0 heterocycles. The fraction of sp³-hybridized carbons (Fsp3) is 0.167. The van der Waals surface area contributed by atoms with Gasteiger partial charge in [-0.1, -0.05) is 18.2 Å². The molecule has 2 aromatic rings. The van der Waals surface area contributed by atoms with E-state index < -0.39 is 7.82 Å². The van der Waals surface area contributed by atoms with Gasteiger partial charge >= 0.3 is 0 Å². The minimum Gasteiger partial charge on any atom is -0.780 e. The first-order chi connectivity index (χ1) is 12.8. The minimum atomic E-state index is -5.23. The van der Waals surface area contributed by atoms with Crippen molar-refractivity contribution < 1.29 is 37.9 Å². The zero-order valence-electron chi connectivity index (χ0n) is 14.8. The van der Waals surface area contributed by atoms with Crippen LogP contribution in [-0.4, -0.2) is 27.6 Å². The van der Waals surface area contributed by atoms with E-state index in [9.17, 15) is 19.1 Å². The number of hydrogen-bond donors (Lipinski definition) is 0. The lowest BCUT2D eigenvalue weighted by Gasteiger charge is -2.29. The Bertz CT molecular complexity index is 875. The molecule has 0 N–H and O–H groups in total. The van der Waals surface area contributed by atoms with Crippen molar-refractivity contribution in [1.29, 1.82) is 0 Å². The lowest BCUT2D eigenvalue weighted by Crippen LogP contribution is -2.18. The van der Waals surface area contributed by atoms with Crippen molar-refractivity contribution in [3.05, 3.63) is 47.0 Å². The lowest BCUT2D eigenvalue weighted by molar-refractivity contribution is -0.333. The van der Waals surface area contributed by atoms with Crippen LogP contribution in [-0.2, 0) is 4.57 Å². The first-order valence-electron chi connectivity index (χ1n) is 7.60. The molecule has 0 spiro atoms. The van der Waals surface area contributed by atoms with Gasteiger partial charge in [0.2, 0.25) is 0 Å². The second-order valence-corrected chi connectivity index (χ2v) is 6.32. The summed E-state index contributed by atoms with van der Waals surface area (Å²) < 4.78 is 30.7. The Hall–Kier alpha value is -2.80. The maximum absolute atomic E-state index is 11.2. The molecule has 0 amide bonds. The van der Waals surface area contributed by atoms with Gasteiger partial charge in [0.25, 0.3) is 0 Å². The molecule has 0 aromatic heterocycles. The number of ether oxygens (including phenoxy) is 3. The fourth-order valence-corrected chi connectivity index (χ4v) is 2.74. The van der Waals surface area contributed by atoms with Crippen LogP contribution in [0.5, 0.6) is 23.0 Å². The topological polar surface area (TPSA) is 117 Å². The highest BCUT2D eigenvalue weighted by atomic mass is 31.2. The summed E-state index contributed by atoms with van der Waals surface area (Å²) in [6.45, 7) is 0. The van der Waals surface area contributed by atoms with E-state index in [1.165, 1.54) is 33.5 Å². The highest BCUT2D eigenvalue weighted by Gasteiger charge is 2.11. The highest BCUT2D eigenvalue weighted by molar-refractivity contribution is 7.43. The summed E-state index contributed by atoms with van der Waals surface area (Å²) in [5.74, 6) is 0.597. The zero-order valence-corrected chi connectivity index (χ0v) is 15.7. The molecule has 0 aliphatic carbocycles. The molecule has 0 saturated carbocycles. The maximum atomic E-state index is 11.2. The van der Waals surface area contributed by atoms with Crippen LogP contribution in [0.4, 0.5) is 0 Å². The predicted molar refractivity (Wildman–Crippen MR) is 95.1 cm³/mol. The van der Waals surface area contributed by atoms with Crippen molar-refractivity contribution in [2.45, 2.75) is 0 Å². The molecule has 9 heteroatoms. The smallest absolute Gasteiger partial charge is 0.166 e. The van der Waals surface area contributed by atoms with Gasteiger partial charge in [-0.3, -0.25) is 4.79 Å². The first kappa shape index (κ1) is 20.5. The fourth-order valence-electron chi connectivity index (χ4n) is 2.35. The number of phosphoric acid groups is 1. The van der Waals surface area contributed by atoms with Crippen molar-refractivity contribution in [3.63, 3.8) is 0 Å². The van der Waals surface area contributed by atoms with Gasteiger partial charge in [0, 0.05) is 0 Å². The molecule has 0 bridgehead atoms. The summed E-state index contributed by atoms with van der Waals surface area (Å²) >= 11 is 0. The minimum absolute atomic E-state index is 0.109. The standard InChI is InChI=1S/C18H19O8P/c1-23-15-7-6-12(8-18(15)26-27(20,21)22)4-5-13-9-16(24-2)14(11-19)17(10-13)25-3/h4-11H,1-3H3,(H2,20,21,22)/p-2/b5-4-. The third-order valence-electron chi connectivity index (χ3n) is 3.55. The summed E-state index contributed by atoms with van der Waals surface area (Å²) in [6, 6.07) is 7.77. The van der Waals surface area contributed by atoms with Crippen LogP contribution < -0.4 is 28.5 Å². The largest absolute Gasteiger partial charge is 0.780 e. The number of phosphoric ester groups is 1. The third kappa shape index (κ3) is 5.34. The summed E-state index contributed by atoms with van der Waals surface area (Å²) in [4.78, 5) is 33.0. The van der Waals surface area contributed by atoms with E-state index in [-0.39, 0.29) is 11.5 Å². The first-order valence-corrected chi connectivity index (χ1v) is 9.06. The Balaban J connectivity index is 2.39. The second kappa shape index (κ2) is 8.73. The van der Waals surface area contributed by atoms with Crippen LogP contribution in [0.3, 0.4) is 0 Å². The number of aldehydes is 1. The average molecular weight is 392 g/mol. The van der Waals surface area contributed by atoms with Gasteiger partial charge in [0.05, 0.1) is 26.9 Å². The number of hydrogen-bond acceptors (Lipinski definition) is 8. The molecule has 0 saturated heterocycles. The van der Waals surface area contributed by atoms with Gasteiger partial charge in [0.1, 0.15) is 19.3 Å². The van der Waals surface area contributed by atoms with E-state index in [0.717, 1.165) is 0 Å². The van der Waals surface area contributed by atoms with Gasteiger partial charge in [0.15, 0.2) is 17.8 Å². The van der Waals surface area contributed by atoms with Gasteiger partial charge in [-0.2, -0.15) is 0 Å². The van der Waals surface area contributed by atoms with E-state index in [0.29, 0.717) is 34.5 Å². The molecule has 2 aromatic carbocycles. The van der Waals surface area contributed by atoms with E-state index in [4.69, 9.17) is 14.2 Å². The van der Waals surface area contributed by atoms with Crippen molar-refractivity contribution >= 4 is 26.3 Å². The number of carbonyl (C=O) groups is 1. The van der Waals surface area contributed by atoms with E-state index >= 15 is 0 Å². The number of carbonyl (C=O) groups excluding carboxylic acids is 1. The Kier molecular flexibility index (Phi) is 6.63. The van der Waals surface area contributed by atoms with Gasteiger partial charge in [-0.25, -0.2) is 0 Å². The predicted octanol–water partition coefficient (Wildman–Crippen LogP) is 1.90. The van der Waals surface area contributed by atoms with Gasteiger partial charge < -0.3 is 33.1 Å². The van der Waals surface area contributed by atoms with E-state index in [1.807, 2.05) is 0 Å².